The summed E-state index contributed by atoms with van der Waals surface area (Å²) in [6.45, 7) is 4.83. The van der Waals surface area contributed by atoms with Crippen LogP contribution in [-0.4, -0.2) is 21.0 Å². The summed E-state index contributed by atoms with van der Waals surface area (Å²) in [6, 6.07) is 12.7. The van der Waals surface area contributed by atoms with Gasteiger partial charge in [0.25, 0.3) is 0 Å². The minimum Gasteiger partial charge on any atom is -0.340 e. The number of hydrogen-bond donors (Lipinski definition) is 2. The molecule has 0 radical (unpaired) electrons. The molecule has 0 aliphatic carbocycles. The predicted octanol–water partition coefficient (Wildman–Crippen LogP) is 3.91. The number of benzene rings is 2. The molecule has 122 valence electrons. The summed E-state index contributed by atoms with van der Waals surface area (Å²) >= 11 is 0. The Morgan fingerprint density at radius 3 is 2.00 bits per heavy atom. The molecule has 1 heterocycles. The maximum atomic E-state index is 10.8. The van der Waals surface area contributed by atoms with E-state index in [1.165, 1.54) is 21.9 Å². The third-order valence-corrected chi connectivity index (χ3v) is 4.48. The van der Waals surface area contributed by atoms with Gasteiger partial charge in [-0.2, -0.15) is 0 Å². The average Bonchev–Trinajstić information content (AvgIpc) is 2.75. The zero-order valence-corrected chi connectivity index (χ0v) is 14.1. The highest BCUT2D eigenvalue weighted by atomic mass is 31.2. The van der Waals surface area contributed by atoms with Gasteiger partial charge in [-0.3, -0.25) is 4.52 Å². The van der Waals surface area contributed by atoms with Gasteiger partial charge in [-0.25, -0.2) is 4.57 Å². The molecule has 0 aliphatic heterocycles. The normalized spacial score (nSPS) is 12.3. The molecule has 0 spiro atoms. The molecule has 0 fully saturated rings. The van der Waals surface area contributed by atoms with Crippen LogP contribution in [0.5, 0.6) is 0 Å². The van der Waals surface area contributed by atoms with Gasteiger partial charge in [0, 0.05) is 28.4 Å². The Bertz CT molecular complexity index is 850. The fraction of sp³-hybridized carbons (Fsp3) is 0.294. The number of phosphoric acid groups is 1. The van der Waals surface area contributed by atoms with E-state index in [4.69, 9.17) is 9.79 Å². The van der Waals surface area contributed by atoms with Crippen LogP contribution >= 0.6 is 7.82 Å². The summed E-state index contributed by atoms with van der Waals surface area (Å²) in [4.78, 5) is 17.5. The molecule has 0 amide bonds. The zero-order valence-electron chi connectivity index (χ0n) is 13.2. The van der Waals surface area contributed by atoms with Crippen molar-refractivity contribution in [3.05, 3.63) is 47.5 Å². The van der Waals surface area contributed by atoms with Crippen LogP contribution in [0.3, 0.4) is 0 Å². The SMILES string of the molecule is Cc1ccc2c(c1)c1cc(C)ccc1n2CCCOP(=O)(O)O. The van der Waals surface area contributed by atoms with Crippen molar-refractivity contribution in [2.75, 3.05) is 6.61 Å². The van der Waals surface area contributed by atoms with E-state index >= 15 is 0 Å². The molecule has 6 heteroatoms. The summed E-state index contributed by atoms with van der Waals surface area (Å²) in [5.41, 5.74) is 4.69. The number of aryl methyl sites for hydroxylation is 3. The maximum Gasteiger partial charge on any atom is 0.469 e. The topological polar surface area (TPSA) is 71.7 Å². The number of phosphoric ester groups is 1. The Balaban J connectivity index is 1.99. The van der Waals surface area contributed by atoms with Crippen molar-refractivity contribution in [2.45, 2.75) is 26.8 Å². The Labute approximate surface area is 134 Å². The molecule has 0 atom stereocenters. The average molecular weight is 333 g/mol. The van der Waals surface area contributed by atoms with Crippen molar-refractivity contribution in [3.63, 3.8) is 0 Å². The molecule has 1 aromatic heterocycles. The van der Waals surface area contributed by atoms with E-state index in [0.29, 0.717) is 13.0 Å². The number of rotatable bonds is 5. The third-order valence-electron chi connectivity index (χ3n) is 3.96. The van der Waals surface area contributed by atoms with E-state index in [2.05, 4.69) is 59.3 Å². The first-order valence-electron chi connectivity index (χ1n) is 7.54. The second-order valence-electron chi connectivity index (χ2n) is 5.87. The fourth-order valence-electron chi connectivity index (χ4n) is 2.98. The van der Waals surface area contributed by atoms with Gasteiger partial charge >= 0.3 is 7.82 Å². The molecule has 0 unspecified atom stereocenters. The largest absolute Gasteiger partial charge is 0.469 e. The Morgan fingerprint density at radius 2 is 1.52 bits per heavy atom. The lowest BCUT2D eigenvalue weighted by Gasteiger charge is -2.09. The van der Waals surface area contributed by atoms with Gasteiger partial charge in [0.2, 0.25) is 0 Å². The van der Waals surface area contributed by atoms with Crippen LogP contribution in [0.1, 0.15) is 17.5 Å². The summed E-state index contributed by atoms with van der Waals surface area (Å²) in [5, 5.41) is 2.42. The van der Waals surface area contributed by atoms with E-state index in [-0.39, 0.29) is 6.61 Å². The maximum absolute atomic E-state index is 10.8. The van der Waals surface area contributed by atoms with Crippen molar-refractivity contribution in [1.29, 1.82) is 0 Å². The van der Waals surface area contributed by atoms with Gasteiger partial charge < -0.3 is 14.4 Å². The summed E-state index contributed by atoms with van der Waals surface area (Å²) < 4.78 is 17.5. The smallest absolute Gasteiger partial charge is 0.340 e. The highest BCUT2D eigenvalue weighted by molar-refractivity contribution is 7.46. The van der Waals surface area contributed by atoms with E-state index in [1.54, 1.807) is 0 Å². The number of nitrogens with zero attached hydrogens (tertiary/aromatic N) is 1. The van der Waals surface area contributed by atoms with Crippen molar-refractivity contribution >= 4 is 29.6 Å². The van der Waals surface area contributed by atoms with Crippen LogP contribution in [0.15, 0.2) is 36.4 Å². The first-order chi connectivity index (χ1) is 10.8. The molecular formula is C17H20NO4P. The van der Waals surface area contributed by atoms with Crippen molar-refractivity contribution in [1.82, 2.24) is 4.57 Å². The van der Waals surface area contributed by atoms with Crippen LogP contribution in [0.25, 0.3) is 21.8 Å². The van der Waals surface area contributed by atoms with Crippen LogP contribution in [0, 0.1) is 13.8 Å². The number of fused-ring (bicyclic) bond motifs is 3. The quantitative estimate of drug-likeness (QED) is 0.548. The van der Waals surface area contributed by atoms with Gasteiger partial charge in [-0.15, -0.1) is 0 Å². The number of aromatic nitrogens is 1. The molecule has 0 saturated heterocycles. The summed E-state index contributed by atoms with van der Waals surface area (Å²) in [5.74, 6) is 0. The van der Waals surface area contributed by atoms with Crippen LogP contribution in [0.4, 0.5) is 0 Å². The monoisotopic (exact) mass is 333 g/mol. The second-order valence-corrected chi connectivity index (χ2v) is 7.11. The Kier molecular flexibility index (Phi) is 4.30. The highest BCUT2D eigenvalue weighted by Gasteiger charge is 2.14. The molecule has 23 heavy (non-hydrogen) atoms. The Morgan fingerprint density at radius 1 is 1.00 bits per heavy atom. The van der Waals surface area contributed by atoms with Gasteiger partial charge in [-0.05, 0) is 44.5 Å². The molecule has 2 N–H and O–H groups in total. The second kappa shape index (κ2) is 6.10. The lowest BCUT2D eigenvalue weighted by molar-refractivity contribution is 0.192. The number of hydrogen-bond acceptors (Lipinski definition) is 2. The standard InChI is InChI=1S/C17H20NO4P/c1-12-4-6-16-14(10-12)15-11-13(2)5-7-17(15)18(16)8-3-9-22-23(19,20)21/h4-7,10-11H,3,8-9H2,1-2H3,(H2,19,20,21). The van der Waals surface area contributed by atoms with Gasteiger partial charge in [0.1, 0.15) is 0 Å². The molecule has 0 bridgehead atoms. The lowest BCUT2D eigenvalue weighted by Crippen LogP contribution is -2.02. The van der Waals surface area contributed by atoms with Crippen molar-refractivity contribution < 1.29 is 18.9 Å². The fourth-order valence-corrected chi connectivity index (χ4v) is 3.35. The molecule has 5 nitrogen and oxygen atoms in total. The van der Waals surface area contributed by atoms with E-state index in [0.717, 1.165) is 11.0 Å². The highest BCUT2D eigenvalue weighted by Crippen LogP contribution is 2.36. The van der Waals surface area contributed by atoms with E-state index in [1.807, 2.05) is 0 Å². The molecule has 0 saturated carbocycles. The van der Waals surface area contributed by atoms with Gasteiger partial charge in [0.15, 0.2) is 0 Å². The first kappa shape index (κ1) is 16.2. The van der Waals surface area contributed by atoms with Crippen molar-refractivity contribution in [2.24, 2.45) is 0 Å². The minimum absolute atomic E-state index is 0.0309. The van der Waals surface area contributed by atoms with Gasteiger partial charge in [0.05, 0.1) is 6.61 Å². The predicted molar refractivity (Wildman–Crippen MR) is 91.5 cm³/mol. The van der Waals surface area contributed by atoms with Gasteiger partial charge in [-0.1, -0.05) is 23.3 Å². The minimum atomic E-state index is -4.39. The van der Waals surface area contributed by atoms with Crippen LogP contribution in [0.2, 0.25) is 0 Å². The molecule has 3 rings (SSSR count). The molecule has 0 aliphatic rings. The van der Waals surface area contributed by atoms with Crippen LogP contribution in [-0.2, 0) is 15.6 Å². The zero-order chi connectivity index (χ0) is 16.6. The van der Waals surface area contributed by atoms with E-state index in [9.17, 15) is 4.57 Å². The van der Waals surface area contributed by atoms with E-state index < -0.39 is 7.82 Å². The first-order valence-corrected chi connectivity index (χ1v) is 9.07. The molecule has 2 aromatic carbocycles. The van der Waals surface area contributed by atoms with Crippen LogP contribution < -0.4 is 0 Å². The summed E-state index contributed by atoms with van der Waals surface area (Å²) in [7, 11) is -4.39. The molecular weight excluding hydrogens is 313 g/mol. The Hall–Kier alpha value is -1.65. The lowest BCUT2D eigenvalue weighted by atomic mass is 10.1. The molecule has 3 aromatic rings. The van der Waals surface area contributed by atoms with Crippen molar-refractivity contribution in [3.8, 4) is 0 Å². The summed E-state index contributed by atoms with van der Waals surface area (Å²) in [6.07, 6.45) is 0.533. The third kappa shape index (κ3) is 3.48.